The molecule has 1 aliphatic heterocycles. The third-order valence-electron chi connectivity index (χ3n) is 5.36. The van der Waals surface area contributed by atoms with Crippen LogP contribution in [0.25, 0.3) is 10.2 Å². The Kier molecular flexibility index (Phi) is 4.99. The highest BCUT2D eigenvalue weighted by Crippen LogP contribution is 2.43. The zero-order valence-corrected chi connectivity index (χ0v) is 17.6. The first-order valence-electron chi connectivity index (χ1n) is 9.33. The van der Waals surface area contributed by atoms with Gasteiger partial charge in [-0.15, -0.1) is 11.3 Å². The van der Waals surface area contributed by atoms with E-state index in [4.69, 9.17) is 4.98 Å². The van der Waals surface area contributed by atoms with E-state index in [0.717, 1.165) is 40.4 Å². The molecule has 0 saturated carbocycles. The number of thioether (sulfide) groups is 1. The summed E-state index contributed by atoms with van der Waals surface area (Å²) in [5.41, 5.74) is 4.52. The predicted molar refractivity (Wildman–Crippen MR) is 117 cm³/mol. The summed E-state index contributed by atoms with van der Waals surface area (Å²) in [6.07, 6.45) is 2.04. The molecule has 2 aromatic carbocycles. The molecule has 1 aromatic heterocycles. The maximum absolute atomic E-state index is 11.2. The molecule has 0 bridgehead atoms. The van der Waals surface area contributed by atoms with Crippen molar-refractivity contribution in [2.75, 3.05) is 17.2 Å². The molecule has 5 heteroatoms. The number of carbonyl (C=O) groups is 1. The number of fused-ring (bicyclic) bond motifs is 2. The molecular weight excluding hydrogens is 372 g/mol. The fraction of sp³-hybridized carbons (Fsp3) is 0.364. The lowest BCUT2D eigenvalue weighted by atomic mass is 9.79. The van der Waals surface area contributed by atoms with Gasteiger partial charge in [-0.2, -0.15) is 0 Å². The second-order valence-electron chi connectivity index (χ2n) is 7.80. The van der Waals surface area contributed by atoms with Gasteiger partial charge < -0.3 is 4.90 Å². The SMILES string of the molecule is CC1CC(C)(C)N(CCSc2nc3ccccc3s2)c2ccc(C=O)cc21. The summed E-state index contributed by atoms with van der Waals surface area (Å²) in [7, 11) is 0. The summed E-state index contributed by atoms with van der Waals surface area (Å²) >= 11 is 3.60. The normalized spacial score (nSPS) is 18.5. The van der Waals surface area contributed by atoms with Gasteiger partial charge in [-0.25, -0.2) is 4.98 Å². The van der Waals surface area contributed by atoms with Crippen LogP contribution in [0.2, 0.25) is 0 Å². The summed E-state index contributed by atoms with van der Waals surface area (Å²) < 4.78 is 2.38. The van der Waals surface area contributed by atoms with E-state index < -0.39 is 0 Å². The molecule has 1 unspecified atom stereocenters. The van der Waals surface area contributed by atoms with Crippen molar-refractivity contribution in [3.63, 3.8) is 0 Å². The Bertz CT molecular complexity index is 946. The lowest BCUT2D eigenvalue weighted by Crippen LogP contribution is -2.49. The number of aldehydes is 1. The highest BCUT2D eigenvalue weighted by atomic mass is 32.2. The molecule has 3 aromatic rings. The summed E-state index contributed by atoms with van der Waals surface area (Å²) in [6, 6.07) is 14.4. The number of nitrogens with zero attached hydrogens (tertiary/aromatic N) is 2. The third-order valence-corrected chi connectivity index (χ3v) is 7.52. The molecule has 1 aliphatic rings. The summed E-state index contributed by atoms with van der Waals surface area (Å²) in [6.45, 7) is 7.88. The summed E-state index contributed by atoms with van der Waals surface area (Å²) in [4.78, 5) is 18.4. The van der Waals surface area contributed by atoms with Crippen molar-refractivity contribution < 1.29 is 4.79 Å². The maximum Gasteiger partial charge on any atom is 0.151 e. The van der Waals surface area contributed by atoms with Gasteiger partial charge in [-0.1, -0.05) is 30.8 Å². The van der Waals surface area contributed by atoms with E-state index in [2.05, 4.69) is 56.0 Å². The predicted octanol–water partition coefficient (Wildman–Crippen LogP) is 5.99. The number of anilines is 1. The van der Waals surface area contributed by atoms with Crippen LogP contribution in [0.5, 0.6) is 0 Å². The molecule has 0 N–H and O–H groups in total. The number of carbonyl (C=O) groups excluding carboxylic acids is 1. The quantitative estimate of drug-likeness (QED) is 0.391. The van der Waals surface area contributed by atoms with Gasteiger partial charge in [-0.05, 0) is 62.1 Å². The first kappa shape index (κ1) is 18.5. The van der Waals surface area contributed by atoms with Crippen LogP contribution in [-0.2, 0) is 0 Å². The van der Waals surface area contributed by atoms with E-state index in [1.165, 1.54) is 16.0 Å². The Morgan fingerprint density at radius 1 is 1.30 bits per heavy atom. The van der Waals surface area contributed by atoms with E-state index in [9.17, 15) is 4.79 Å². The number of hydrogen-bond acceptors (Lipinski definition) is 5. The number of rotatable bonds is 5. The van der Waals surface area contributed by atoms with Crippen molar-refractivity contribution in [1.82, 2.24) is 4.98 Å². The van der Waals surface area contributed by atoms with Crippen LogP contribution in [0.15, 0.2) is 46.8 Å². The molecule has 0 amide bonds. The fourth-order valence-corrected chi connectivity index (χ4v) is 6.21. The zero-order valence-electron chi connectivity index (χ0n) is 15.9. The standard InChI is InChI=1S/C22H24N2OS2/c1-15-13-22(2,3)24(19-9-8-16(14-25)12-17(15)19)10-11-26-21-23-18-6-4-5-7-20(18)27-21/h4-9,12,14-15H,10-11,13H2,1-3H3. The first-order valence-corrected chi connectivity index (χ1v) is 11.1. The fourth-order valence-electron chi connectivity index (χ4n) is 4.14. The Morgan fingerprint density at radius 2 is 2.11 bits per heavy atom. The first-order chi connectivity index (χ1) is 13.0. The topological polar surface area (TPSA) is 33.2 Å². The molecule has 0 saturated heterocycles. The summed E-state index contributed by atoms with van der Waals surface area (Å²) in [5, 5.41) is 0. The maximum atomic E-state index is 11.2. The van der Waals surface area contributed by atoms with Crippen LogP contribution in [0.4, 0.5) is 5.69 Å². The number of para-hydroxylation sites is 1. The van der Waals surface area contributed by atoms with Crippen LogP contribution in [0.1, 0.15) is 49.0 Å². The van der Waals surface area contributed by atoms with Crippen LogP contribution in [0, 0.1) is 0 Å². The van der Waals surface area contributed by atoms with Crippen LogP contribution < -0.4 is 4.90 Å². The van der Waals surface area contributed by atoms with E-state index in [-0.39, 0.29) is 5.54 Å². The summed E-state index contributed by atoms with van der Waals surface area (Å²) in [5.74, 6) is 1.45. The van der Waals surface area contributed by atoms with Gasteiger partial charge in [0.15, 0.2) is 4.34 Å². The number of thiazole rings is 1. The van der Waals surface area contributed by atoms with Crippen LogP contribution in [0.3, 0.4) is 0 Å². The lowest BCUT2D eigenvalue weighted by Gasteiger charge is -2.47. The van der Waals surface area contributed by atoms with Crippen molar-refractivity contribution >= 4 is 45.3 Å². The lowest BCUT2D eigenvalue weighted by molar-refractivity contribution is 0.112. The molecule has 1 atom stereocenters. The van der Waals surface area contributed by atoms with Crippen molar-refractivity contribution in [2.45, 2.75) is 43.0 Å². The van der Waals surface area contributed by atoms with E-state index >= 15 is 0 Å². The Morgan fingerprint density at radius 3 is 2.89 bits per heavy atom. The average molecular weight is 397 g/mol. The minimum atomic E-state index is 0.100. The van der Waals surface area contributed by atoms with Crippen molar-refractivity contribution in [3.05, 3.63) is 53.6 Å². The van der Waals surface area contributed by atoms with E-state index in [1.807, 2.05) is 23.9 Å². The van der Waals surface area contributed by atoms with Gasteiger partial charge in [0.25, 0.3) is 0 Å². The molecule has 0 fully saturated rings. The van der Waals surface area contributed by atoms with Gasteiger partial charge in [0.1, 0.15) is 6.29 Å². The molecule has 3 nitrogen and oxygen atoms in total. The smallest absolute Gasteiger partial charge is 0.151 e. The number of aromatic nitrogens is 1. The third kappa shape index (κ3) is 3.63. The molecule has 27 heavy (non-hydrogen) atoms. The van der Waals surface area contributed by atoms with Crippen LogP contribution >= 0.6 is 23.1 Å². The molecular formula is C22H24N2OS2. The van der Waals surface area contributed by atoms with E-state index in [0.29, 0.717) is 5.92 Å². The average Bonchev–Trinajstić information content (AvgIpc) is 3.06. The Hall–Kier alpha value is -1.85. The number of benzene rings is 2. The van der Waals surface area contributed by atoms with Gasteiger partial charge in [0.05, 0.1) is 10.2 Å². The second-order valence-corrected chi connectivity index (χ2v) is 10.2. The highest BCUT2D eigenvalue weighted by molar-refractivity contribution is 8.01. The molecule has 0 radical (unpaired) electrons. The minimum Gasteiger partial charge on any atom is -0.365 e. The van der Waals surface area contributed by atoms with Crippen molar-refractivity contribution in [3.8, 4) is 0 Å². The molecule has 4 rings (SSSR count). The highest BCUT2D eigenvalue weighted by Gasteiger charge is 2.36. The second kappa shape index (κ2) is 7.28. The van der Waals surface area contributed by atoms with Gasteiger partial charge >= 0.3 is 0 Å². The largest absolute Gasteiger partial charge is 0.365 e. The van der Waals surface area contributed by atoms with Gasteiger partial charge in [0.2, 0.25) is 0 Å². The van der Waals surface area contributed by atoms with E-state index in [1.54, 1.807) is 11.3 Å². The van der Waals surface area contributed by atoms with Crippen molar-refractivity contribution in [2.24, 2.45) is 0 Å². The molecule has 2 heterocycles. The number of hydrogen-bond donors (Lipinski definition) is 0. The molecule has 0 spiro atoms. The zero-order chi connectivity index (χ0) is 19.0. The minimum absolute atomic E-state index is 0.100. The molecule has 140 valence electrons. The Labute approximate surface area is 168 Å². The van der Waals surface area contributed by atoms with Gasteiger partial charge in [0, 0.05) is 29.1 Å². The van der Waals surface area contributed by atoms with Gasteiger partial charge in [-0.3, -0.25) is 4.79 Å². The monoisotopic (exact) mass is 396 g/mol. The van der Waals surface area contributed by atoms with Crippen LogP contribution in [-0.4, -0.2) is 29.1 Å². The molecule has 0 aliphatic carbocycles. The Balaban J connectivity index is 1.53. The van der Waals surface area contributed by atoms with Crippen molar-refractivity contribution in [1.29, 1.82) is 0 Å².